The summed E-state index contributed by atoms with van der Waals surface area (Å²) in [6.07, 6.45) is 1.10. The Morgan fingerprint density at radius 3 is 2.56 bits per heavy atom. The van der Waals surface area contributed by atoms with Crippen LogP contribution in [0.15, 0.2) is 0 Å². The molecule has 6 heteroatoms. The fourth-order valence-corrected chi connectivity index (χ4v) is 3.30. The van der Waals surface area contributed by atoms with Gasteiger partial charge in [0.1, 0.15) is 0 Å². The molecule has 18 heavy (non-hydrogen) atoms. The molecule has 2 saturated heterocycles. The van der Waals surface area contributed by atoms with Crippen molar-refractivity contribution in [1.29, 1.82) is 0 Å². The zero-order chi connectivity index (χ0) is 13.2. The number of piperidine rings is 1. The third kappa shape index (κ3) is 2.80. The molecule has 0 radical (unpaired) electrons. The summed E-state index contributed by atoms with van der Waals surface area (Å²) < 4.78 is 0. The molecule has 2 fully saturated rings. The van der Waals surface area contributed by atoms with Gasteiger partial charge in [0.15, 0.2) is 0 Å². The van der Waals surface area contributed by atoms with Gasteiger partial charge in [-0.2, -0.15) is 11.8 Å². The van der Waals surface area contributed by atoms with Crippen LogP contribution in [0.3, 0.4) is 0 Å². The summed E-state index contributed by atoms with van der Waals surface area (Å²) >= 11 is 1.80. The molecule has 1 unspecified atom stereocenters. The largest absolute Gasteiger partial charge is 0.481 e. The number of nitrogens with zero attached hydrogens (tertiary/aromatic N) is 1. The lowest BCUT2D eigenvalue weighted by Gasteiger charge is -2.38. The van der Waals surface area contributed by atoms with Crippen molar-refractivity contribution in [3.8, 4) is 0 Å². The SMILES string of the molecule is CC1(C(=O)O)CCN(C(=O)C2CSCCN2)CC1. The Kier molecular flexibility index (Phi) is 4.17. The first-order chi connectivity index (χ1) is 8.53. The molecular formula is C12H20N2O3S. The predicted molar refractivity (Wildman–Crippen MR) is 70.7 cm³/mol. The lowest BCUT2D eigenvalue weighted by Crippen LogP contribution is -2.54. The predicted octanol–water partition coefficient (Wildman–Crippen LogP) is 0.405. The van der Waals surface area contributed by atoms with Crippen molar-refractivity contribution in [3.05, 3.63) is 0 Å². The van der Waals surface area contributed by atoms with Crippen LogP contribution >= 0.6 is 11.8 Å². The topological polar surface area (TPSA) is 69.6 Å². The maximum atomic E-state index is 12.2. The van der Waals surface area contributed by atoms with E-state index in [1.165, 1.54) is 0 Å². The number of amides is 1. The summed E-state index contributed by atoms with van der Waals surface area (Å²) in [7, 11) is 0. The average Bonchev–Trinajstić information content (AvgIpc) is 2.40. The fourth-order valence-electron chi connectivity index (χ4n) is 2.38. The first-order valence-corrected chi connectivity index (χ1v) is 7.52. The number of hydrogen-bond acceptors (Lipinski definition) is 4. The Bertz CT molecular complexity index is 334. The van der Waals surface area contributed by atoms with Gasteiger partial charge in [-0.15, -0.1) is 0 Å². The number of carboxylic acid groups (broad SMARTS) is 1. The maximum Gasteiger partial charge on any atom is 0.309 e. The summed E-state index contributed by atoms with van der Waals surface area (Å²) in [5, 5.41) is 12.4. The first-order valence-electron chi connectivity index (χ1n) is 6.36. The highest BCUT2D eigenvalue weighted by Gasteiger charge is 2.39. The summed E-state index contributed by atoms with van der Waals surface area (Å²) in [4.78, 5) is 25.2. The Morgan fingerprint density at radius 1 is 1.39 bits per heavy atom. The van der Waals surface area contributed by atoms with Crippen molar-refractivity contribution in [2.24, 2.45) is 5.41 Å². The molecule has 2 N–H and O–H groups in total. The van der Waals surface area contributed by atoms with Gasteiger partial charge in [0, 0.05) is 31.1 Å². The number of thioether (sulfide) groups is 1. The molecule has 0 bridgehead atoms. The molecule has 1 atom stereocenters. The van der Waals surface area contributed by atoms with Crippen molar-refractivity contribution in [2.45, 2.75) is 25.8 Å². The number of aliphatic carboxylic acids is 1. The summed E-state index contributed by atoms with van der Waals surface area (Å²) in [5.74, 6) is 1.27. The van der Waals surface area contributed by atoms with E-state index in [1.54, 1.807) is 18.7 Å². The van der Waals surface area contributed by atoms with E-state index in [2.05, 4.69) is 5.32 Å². The highest BCUT2D eigenvalue weighted by atomic mass is 32.2. The molecule has 2 rings (SSSR count). The molecule has 0 aromatic rings. The van der Waals surface area contributed by atoms with Gasteiger partial charge in [0.05, 0.1) is 11.5 Å². The molecule has 2 aliphatic heterocycles. The van der Waals surface area contributed by atoms with Gasteiger partial charge in [-0.3, -0.25) is 9.59 Å². The molecule has 102 valence electrons. The van der Waals surface area contributed by atoms with E-state index >= 15 is 0 Å². The second-order valence-electron chi connectivity index (χ2n) is 5.27. The molecular weight excluding hydrogens is 252 g/mol. The van der Waals surface area contributed by atoms with Gasteiger partial charge in [0.25, 0.3) is 0 Å². The van der Waals surface area contributed by atoms with Crippen LogP contribution in [0.4, 0.5) is 0 Å². The van der Waals surface area contributed by atoms with Crippen LogP contribution in [0.2, 0.25) is 0 Å². The Balaban J connectivity index is 1.89. The highest BCUT2D eigenvalue weighted by Crippen LogP contribution is 2.31. The standard InChI is InChI=1S/C12H20N2O3S/c1-12(11(16)17)2-5-14(6-3-12)10(15)9-8-18-7-4-13-9/h9,13H,2-8H2,1H3,(H,16,17). The van der Waals surface area contributed by atoms with Gasteiger partial charge in [0.2, 0.25) is 5.91 Å². The number of likely N-dealkylation sites (tertiary alicyclic amines) is 1. The van der Waals surface area contributed by atoms with Gasteiger partial charge in [-0.1, -0.05) is 0 Å². The van der Waals surface area contributed by atoms with Crippen molar-refractivity contribution >= 4 is 23.6 Å². The summed E-state index contributed by atoms with van der Waals surface area (Å²) in [5.41, 5.74) is -0.661. The van der Waals surface area contributed by atoms with E-state index in [-0.39, 0.29) is 11.9 Å². The van der Waals surface area contributed by atoms with Gasteiger partial charge in [-0.05, 0) is 19.8 Å². The van der Waals surface area contributed by atoms with E-state index in [9.17, 15) is 9.59 Å². The van der Waals surface area contributed by atoms with Crippen LogP contribution < -0.4 is 5.32 Å². The number of hydrogen-bond donors (Lipinski definition) is 2. The van der Waals surface area contributed by atoms with Gasteiger partial charge < -0.3 is 15.3 Å². The lowest BCUT2D eigenvalue weighted by atomic mass is 9.80. The molecule has 2 heterocycles. The second kappa shape index (κ2) is 5.48. The van der Waals surface area contributed by atoms with E-state index in [0.29, 0.717) is 25.9 Å². The minimum absolute atomic E-state index is 0.0852. The number of rotatable bonds is 2. The Hall–Kier alpha value is -0.750. The number of carbonyl (C=O) groups is 2. The van der Waals surface area contributed by atoms with Crippen LogP contribution in [0.25, 0.3) is 0 Å². The van der Waals surface area contributed by atoms with Crippen LogP contribution in [0.5, 0.6) is 0 Å². The molecule has 5 nitrogen and oxygen atoms in total. The third-order valence-corrected chi connectivity index (χ3v) is 4.98. The maximum absolute atomic E-state index is 12.2. The smallest absolute Gasteiger partial charge is 0.309 e. The lowest BCUT2D eigenvalue weighted by molar-refractivity contribution is -0.153. The van der Waals surface area contributed by atoms with Crippen LogP contribution in [0.1, 0.15) is 19.8 Å². The van der Waals surface area contributed by atoms with Crippen LogP contribution in [-0.2, 0) is 9.59 Å². The van der Waals surface area contributed by atoms with Crippen molar-refractivity contribution in [1.82, 2.24) is 10.2 Å². The summed E-state index contributed by atoms with van der Waals surface area (Å²) in [6, 6.07) is -0.0852. The minimum Gasteiger partial charge on any atom is -0.481 e. The Morgan fingerprint density at radius 2 is 2.06 bits per heavy atom. The molecule has 0 spiro atoms. The number of carboxylic acids is 1. The summed E-state index contributed by atoms with van der Waals surface area (Å²) in [6.45, 7) is 3.77. The fraction of sp³-hybridized carbons (Fsp3) is 0.833. The third-order valence-electron chi connectivity index (χ3n) is 3.91. The zero-order valence-corrected chi connectivity index (χ0v) is 11.5. The second-order valence-corrected chi connectivity index (χ2v) is 6.42. The highest BCUT2D eigenvalue weighted by molar-refractivity contribution is 7.99. The first kappa shape index (κ1) is 13.7. The Labute approximate surface area is 111 Å². The monoisotopic (exact) mass is 272 g/mol. The number of carbonyl (C=O) groups excluding carboxylic acids is 1. The van der Waals surface area contributed by atoms with E-state index in [0.717, 1.165) is 18.1 Å². The van der Waals surface area contributed by atoms with Crippen molar-refractivity contribution in [2.75, 3.05) is 31.1 Å². The minimum atomic E-state index is -0.749. The van der Waals surface area contributed by atoms with Gasteiger partial charge in [-0.25, -0.2) is 0 Å². The van der Waals surface area contributed by atoms with Crippen molar-refractivity contribution in [3.63, 3.8) is 0 Å². The average molecular weight is 272 g/mol. The molecule has 2 aliphatic rings. The normalized spacial score (nSPS) is 27.8. The van der Waals surface area contributed by atoms with E-state index in [1.807, 2.05) is 4.90 Å². The van der Waals surface area contributed by atoms with Crippen molar-refractivity contribution < 1.29 is 14.7 Å². The van der Waals surface area contributed by atoms with Crippen LogP contribution in [0, 0.1) is 5.41 Å². The zero-order valence-electron chi connectivity index (χ0n) is 10.6. The molecule has 0 aromatic carbocycles. The quantitative estimate of drug-likeness (QED) is 0.762. The number of nitrogens with one attached hydrogen (secondary N) is 1. The molecule has 0 aromatic heterocycles. The molecule has 0 aliphatic carbocycles. The molecule has 0 saturated carbocycles. The van der Waals surface area contributed by atoms with Gasteiger partial charge >= 0.3 is 5.97 Å². The van der Waals surface area contributed by atoms with Crippen LogP contribution in [-0.4, -0.2) is 59.1 Å². The van der Waals surface area contributed by atoms with E-state index in [4.69, 9.17) is 5.11 Å². The molecule has 1 amide bonds. The van der Waals surface area contributed by atoms with E-state index < -0.39 is 11.4 Å².